The molecule has 0 radical (unpaired) electrons. The molecule has 4 heterocycles. The molecule has 3 atom stereocenters. The fraction of sp³-hybridized carbons (Fsp3) is 0.419. The van der Waals surface area contributed by atoms with Gasteiger partial charge >= 0.3 is 6.01 Å². The van der Waals surface area contributed by atoms with Crippen LogP contribution in [0.3, 0.4) is 0 Å². The van der Waals surface area contributed by atoms with Crippen molar-refractivity contribution in [2.24, 2.45) is 0 Å². The Bertz CT molecular complexity index is 1510. The van der Waals surface area contributed by atoms with E-state index in [-0.39, 0.29) is 11.8 Å². The molecular weight excluding hydrogens is 477 g/mol. The molecule has 0 saturated carbocycles. The Labute approximate surface area is 222 Å². The number of benzene rings is 3. The molecule has 3 aromatic carbocycles. The van der Waals surface area contributed by atoms with Crippen molar-refractivity contribution >= 4 is 27.5 Å². The highest BCUT2D eigenvalue weighted by Crippen LogP contribution is 2.38. The third kappa shape index (κ3) is 4.09. The lowest BCUT2D eigenvalue weighted by atomic mass is 9.94. The molecule has 6 nitrogen and oxygen atoms in total. The van der Waals surface area contributed by atoms with Crippen molar-refractivity contribution in [2.45, 2.75) is 50.7 Å². The number of halogens is 1. The molecule has 2 unspecified atom stereocenters. The number of nitrogens with one attached hydrogen (secondary N) is 1. The lowest BCUT2D eigenvalue weighted by molar-refractivity contribution is 0.188. The fourth-order valence-corrected chi connectivity index (χ4v) is 6.72. The third-order valence-electron chi connectivity index (χ3n) is 8.76. The van der Waals surface area contributed by atoms with E-state index in [2.05, 4.69) is 52.3 Å². The summed E-state index contributed by atoms with van der Waals surface area (Å²) in [5.41, 5.74) is 2.90. The van der Waals surface area contributed by atoms with Crippen LogP contribution in [0.5, 0.6) is 6.01 Å². The van der Waals surface area contributed by atoms with Gasteiger partial charge in [0.05, 0.1) is 0 Å². The molecule has 1 N–H and O–H groups in total. The summed E-state index contributed by atoms with van der Waals surface area (Å²) in [6, 6.07) is 17.7. The average Bonchev–Trinajstić information content (AvgIpc) is 3.50. The van der Waals surface area contributed by atoms with Gasteiger partial charge in [-0.25, -0.2) is 4.39 Å². The minimum absolute atomic E-state index is 0.267. The van der Waals surface area contributed by atoms with Gasteiger partial charge in [-0.15, -0.1) is 0 Å². The molecule has 7 rings (SSSR count). The maximum absolute atomic E-state index is 16.5. The normalized spacial score (nSPS) is 23.6. The molecule has 196 valence electrons. The Kier molecular flexibility index (Phi) is 5.93. The van der Waals surface area contributed by atoms with Crippen molar-refractivity contribution in [3.8, 4) is 17.1 Å². The number of hydrogen-bond donors (Lipinski definition) is 1. The topological polar surface area (TPSA) is 53.5 Å². The first-order chi connectivity index (χ1) is 18.5. The number of likely N-dealkylation sites (tertiary alicyclic amines) is 1. The fourth-order valence-electron chi connectivity index (χ4n) is 6.72. The number of piperazine rings is 1. The molecule has 3 saturated heterocycles. The molecule has 2 bridgehead atoms. The van der Waals surface area contributed by atoms with Gasteiger partial charge in [-0.3, -0.25) is 0 Å². The maximum Gasteiger partial charge on any atom is 0.319 e. The maximum atomic E-state index is 16.5. The van der Waals surface area contributed by atoms with Crippen molar-refractivity contribution in [3.05, 3.63) is 59.9 Å². The Morgan fingerprint density at radius 3 is 2.53 bits per heavy atom. The predicted molar refractivity (Wildman–Crippen MR) is 150 cm³/mol. The highest BCUT2D eigenvalue weighted by atomic mass is 19.1. The summed E-state index contributed by atoms with van der Waals surface area (Å²) in [7, 11) is 2.13. The summed E-state index contributed by atoms with van der Waals surface area (Å²) in [5.74, 6) is 0.463. The number of nitrogens with zero attached hydrogens (tertiary/aromatic N) is 4. The number of ether oxygens (including phenoxy) is 1. The summed E-state index contributed by atoms with van der Waals surface area (Å²) >= 11 is 0. The SMILES string of the molecule is Cc1cccc2cccc(-c3ccc4c(N5CC6CCC(C5)N6)nc(OC[C@@H]5CCCN5C)nc4c3F)c12. The predicted octanol–water partition coefficient (Wildman–Crippen LogP) is 5.31. The van der Waals surface area contributed by atoms with E-state index < -0.39 is 0 Å². The number of aryl methyl sites for hydroxylation is 1. The molecule has 38 heavy (non-hydrogen) atoms. The molecule has 7 heteroatoms. The van der Waals surface area contributed by atoms with E-state index in [0.29, 0.717) is 35.8 Å². The molecule has 0 amide bonds. The van der Waals surface area contributed by atoms with Gasteiger partial charge in [-0.1, -0.05) is 42.5 Å². The zero-order valence-corrected chi connectivity index (χ0v) is 22.1. The Balaban J connectivity index is 1.36. The second-order valence-electron chi connectivity index (χ2n) is 11.3. The molecule has 3 aliphatic rings. The lowest BCUT2D eigenvalue weighted by Gasteiger charge is -2.34. The van der Waals surface area contributed by atoms with Gasteiger partial charge in [0, 0.05) is 42.2 Å². The van der Waals surface area contributed by atoms with Crippen molar-refractivity contribution in [1.82, 2.24) is 20.2 Å². The first-order valence-corrected chi connectivity index (χ1v) is 13.9. The molecule has 1 aromatic heterocycles. The van der Waals surface area contributed by atoms with E-state index in [1.165, 1.54) is 19.3 Å². The zero-order valence-electron chi connectivity index (χ0n) is 22.1. The summed E-state index contributed by atoms with van der Waals surface area (Å²) in [4.78, 5) is 14.2. The van der Waals surface area contributed by atoms with E-state index in [9.17, 15) is 0 Å². The number of anilines is 1. The third-order valence-corrected chi connectivity index (χ3v) is 8.76. The van der Waals surface area contributed by atoms with E-state index in [4.69, 9.17) is 9.72 Å². The van der Waals surface area contributed by atoms with Crippen LogP contribution in [0.1, 0.15) is 31.2 Å². The molecular formula is C31H34FN5O. The van der Waals surface area contributed by atoms with Crippen LogP contribution in [0, 0.1) is 12.7 Å². The van der Waals surface area contributed by atoms with Crippen molar-refractivity contribution < 1.29 is 9.13 Å². The monoisotopic (exact) mass is 511 g/mol. The van der Waals surface area contributed by atoms with Crippen LogP contribution in [-0.2, 0) is 0 Å². The van der Waals surface area contributed by atoms with Crippen molar-refractivity contribution in [2.75, 3.05) is 38.2 Å². The Morgan fingerprint density at radius 2 is 1.76 bits per heavy atom. The quantitative estimate of drug-likeness (QED) is 0.392. The molecule has 3 fully saturated rings. The first kappa shape index (κ1) is 23.8. The number of fused-ring (bicyclic) bond motifs is 4. The number of likely N-dealkylation sites (N-methyl/N-ethyl adjacent to an activating group) is 1. The van der Waals surface area contributed by atoms with Crippen LogP contribution in [0.15, 0.2) is 48.5 Å². The number of hydrogen-bond acceptors (Lipinski definition) is 6. The smallest absolute Gasteiger partial charge is 0.319 e. The Morgan fingerprint density at radius 1 is 0.974 bits per heavy atom. The summed E-state index contributed by atoms with van der Waals surface area (Å²) in [5, 5.41) is 6.61. The van der Waals surface area contributed by atoms with Crippen LogP contribution >= 0.6 is 0 Å². The average molecular weight is 512 g/mol. The zero-order chi connectivity index (χ0) is 25.8. The Hall–Kier alpha value is -3.29. The summed E-state index contributed by atoms with van der Waals surface area (Å²) < 4.78 is 22.7. The molecule has 4 aromatic rings. The summed E-state index contributed by atoms with van der Waals surface area (Å²) in [6.45, 7) is 5.39. The van der Waals surface area contributed by atoms with Crippen LogP contribution < -0.4 is 15.0 Å². The molecule has 3 aliphatic heterocycles. The van der Waals surface area contributed by atoms with Crippen LogP contribution in [0.2, 0.25) is 0 Å². The van der Waals surface area contributed by atoms with E-state index in [1.807, 2.05) is 30.3 Å². The van der Waals surface area contributed by atoms with Gasteiger partial charge in [-0.2, -0.15) is 9.97 Å². The lowest BCUT2D eigenvalue weighted by Crippen LogP contribution is -2.51. The van der Waals surface area contributed by atoms with Crippen LogP contribution in [0.4, 0.5) is 10.2 Å². The standard InChI is InChI=1S/C31H34FN5O/c1-19-6-3-7-20-8-4-10-24(27(19)20)25-13-14-26-29(28(25)32)34-31(38-18-23-9-5-15-36(23)2)35-30(26)37-16-21-11-12-22(17-37)33-21/h3-4,6-8,10,13-14,21-23,33H,5,9,11-12,15-18H2,1-2H3/t21?,22?,23-/m0/s1. The van der Waals surface area contributed by atoms with Gasteiger partial charge in [0.1, 0.15) is 17.9 Å². The van der Waals surface area contributed by atoms with Gasteiger partial charge < -0.3 is 19.9 Å². The van der Waals surface area contributed by atoms with Crippen molar-refractivity contribution in [1.29, 1.82) is 0 Å². The van der Waals surface area contributed by atoms with Gasteiger partial charge in [0.15, 0.2) is 5.82 Å². The largest absolute Gasteiger partial charge is 0.462 e. The number of rotatable bonds is 5. The highest BCUT2D eigenvalue weighted by Gasteiger charge is 2.34. The molecule has 0 spiro atoms. The van der Waals surface area contributed by atoms with Crippen molar-refractivity contribution in [3.63, 3.8) is 0 Å². The minimum atomic E-state index is -0.317. The van der Waals surface area contributed by atoms with Gasteiger partial charge in [-0.05, 0) is 74.2 Å². The van der Waals surface area contributed by atoms with E-state index >= 15 is 4.39 Å². The second kappa shape index (κ2) is 9.47. The first-order valence-electron chi connectivity index (χ1n) is 13.9. The van der Waals surface area contributed by atoms with Crippen LogP contribution in [-0.4, -0.2) is 66.3 Å². The van der Waals surface area contributed by atoms with E-state index in [0.717, 1.165) is 59.2 Å². The van der Waals surface area contributed by atoms with Gasteiger partial charge in [0.2, 0.25) is 0 Å². The molecule has 0 aliphatic carbocycles. The minimum Gasteiger partial charge on any atom is -0.462 e. The number of aromatic nitrogens is 2. The second-order valence-corrected chi connectivity index (χ2v) is 11.3. The highest BCUT2D eigenvalue weighted by molar-refractivity contribution is 6.02. The summed E-state index contributed by atoms with van der Waals surface area (Å²) in [6.07, 6.45) is 4.60. The van der Waals surface area contributed by atoms with E-state index in [1.54, 1.807) is 0 Å². The van der Waals surface area contributed by atoms with Gasteiger partial charge in [0.25, 0.3) is 0 Å². The van der Waals surface area contributed by atoms with Crippen LogP contribution in [0.25, 0.3) is 32.8 Å².